The Bertz CT molecular complexity index is 913. The molecule has 134 valence electrons. The van der Waals surface area contributed by atoms with Crippen LogP contribution in [0.3, 0.4) is 0 Å². The van der Waals surface area contributed by atoms with E-state index in [0.717, 1.165) is 5.56 Å². The fourth-order valence-corrected chi connectivity index (χ4v) is 2.33. The first-order valence-electron chi connectivity index (χ1n) is 8.27. The Morgan fingerprint density at radius 1 is 1.04 bits per heavy atom. The van der Waals surface area contributed by atoms with Crippen LogP contribution in [-0.2, 0) is 0 Å². The minimum absolute atomic E-state index is 0.209. The Morgan fingerprint density at radius 2 is 1.77 bits per heavy atom. The molecule has 0 bridgehead atoms. The SMILES string of the molecule is Cc1cc(NC(=O)c2cc(NC(C)(C)C)nc(-c3ccccc3)n2)no1. The maximum Gasteiger partial charge on any atom is 0.275 e. The zero-order chi connectivity index (χ0) is 18.7. The smallest absolute Gasteiger partial charge is 0.275 e. The molecule has 0 fully saturated rings. The molecule has 0 aliphatic heterocycles. The third kappa shape index (κ3) is 4.44. The first-order chi connectivity index (χ1) is 12.3. The van der Waals surface area contributed by atoms with Crippen LogP contribution < -0.4 is 10.6 Å². The molecular weight excluding hydrogens is 330 g/mol. The predicted octanol–water partition coefficient (Wildman–Crippen LogP) is 3.90. The fraction of sp³-hybridized carbons (Fsp3) is 0.263. The molecule has 7 nitrogen and oxygen atoms in total. The summed E-state index contributed by atoms with van der Waals surface area (Å²) in [7, 11) is 0. The second-order valence-corrected chi connectivity index (χ2v) is 6.98. The number of carbonyl (C=O) groups excluding carboxylic acids is 1. The average molecular weight is 351 g/mol. The number of nitrogens with one attached hydrogen (secondary N) is 2. The van der Waals surface area contributed by atoms with E-state index in [0.29, 0.717) is 23.2 Å². The standard InChI is InChI=1S/C19H21N5O2/c1-12-10-16(24-26-12)22-18(25)14-11-15(23-19(2,3)4)21-17(20-14)13-8-6-5-7-9-13/h5-11H,1-4H3,(H,20,21,23)(H,22,24,25). The Kier molecular flexibility index (Phi) is 4.71. The van der Waals surface area contributed by atoms with Gasteiger partial charge < -0.3 is 15.2 Å². The molecule has 7 heteroatoms. The summed E-state index contributed by atoms with van der Waals surface area (Å²) in [6, 6.07) is 12.8. The number of hydrogen-bond acceptors (Lipinski definition) is 6. The highest BCUT2D eigenvalue weighted by atomic mass is 16.5. The van der Waals surface area contributed by atoms with Crippen molar-refractivity contribution in [3.05, 3.63) is 53.9 Å². The summed E-state index contributed by atoms with van der Waals surface area (Å²) in [5.41, 5.74) is 0.863. The van der Waals surface area contributed by atoms with Crippen molar-refractivity contribution in [2.24, 2.45) is 0 Å². The largest absolute Gasteiger partial charge is 0.365 e. The van der Waals surface area contributed by atoms with Crippen molar-refractivity contribution in [1.82, 2.24) is 15.1 Å². The molecule has 3 aromatic rings. The van der Waals surface area contributed by atoms with E-state index in [-0.39, 0.29) is 17.1 Å². The second kappa shape index (κ2) is 6.95. The summed E-state index contributed by atoms with van der Waals surface area (Å²) < 4.78 is 4.97. The molecule has 2 N–H and O–H groups in total. The van der Waals surface area contributed by atoms with Gasteiger partial charge in [-0.3, -0.25) is 4.79 Å². The first kappa shape index (κ1) is 17.6. The van der Waals surface area contributed by atoms with E-state index < -0.39 is 0 Å². The van der Waals surface area contributed by atoms with Crippen LogP contribution >= 0.6 is 0 Å². The van der Waals surface area contributed by atoms with Crippen molar-refractivity contribution in [3.63, 3.8) is 0 Å². The van der Waals surface area contributed by atoms with Gasteiger partial charge in [-0.15, -0.1) is 0 Å². The maximum atomic E-state index is 12.6. The van der Waals surface area contributed by atoms with Gasteiger partial charge in [0.25, 0.3) is 5.91 Å². The quantitative estimate of drug-likeness (QED) is 0.740. The molecule has 26 heavy (non-hydrogen) atoms. The monoisotopic (exact) mass is 351 g/mol. The number of anilines is 2. The summed E-state index contributed by atoms with van der Waals surface area (Å²) in [5, 5.41) is 9.75. The van der Waals surface area contributed by atoms with Crippen molar-refractivity contribution >= 4 is 17.5 Å². The molecule has 0 radical (unpaired) electrons. The Labute approximate surface area is 151 Å². The van der Waals surface area contributed by atoms with Gasteiger partial charge in [0.15, 0.2) is 11.6 Å². The molecule has 2 heterocycles. The maximum absolute atomic E-state index is 12.6. The van der Waals surface area contributed by atoms with Crippen molar-refractivity contribution in [2.75, 3.05) is 10.6 Å². The molecule has 0 saturated heterocycles. The summed E-state index contributed by atoms with van der Waals surface area (Å²) in [6.07, 6.45) is 0. The van der Waals surface area contributed by atoms with Gasteiger partial charge in [0.1, 0.15) is 17.3 Å². The van der Waals surface area contributed by atoms with Gasteiger partial charge in [-0.05, 0) is 27.7 Å². The molecule has 0 atom stereocenters. The van der Waals surface area contributed by atoms with Crippen LogP contribution in [0.4, 0.5) is 11.6 Å². The number of benzene rings is 1. The minimum atomic E-state index is -0.380. The van der Waals surface area contributed by atoms with E-state index in [1.54, 1.807) is 19.1 Å². The lowest BCUT2D eigenvalue weighted by Crippen LogP contribution is -2.27. The molecule has 1 amide bonds. The normalized spacial score (nSPS) is 11.2. The summed E-state index contributed by atoms with van der Waals surface area (Å²) in [5.74, 6) is 1.63. The number of aryl methyl sites for hydroxylation is 1. The van der Waals surface area contributed by atoms with Crippen LogP contribution in [0.5, 0.6) is 0 Å². The molecule has 0 spiro atoms. The van der Waals surface area contributed by atoms with Crippen LogP contribution in [0.15, 0.2) is 47.0 Å². The molecule has 2 aromatic heterocycles. The van der Waals surface area contributed by atoms with Crippen molar-refractivity contribution in [3.8, 4) is 11.4 Å². The molecular formula is C19H21N5O2. The highest BCUT2D eigenvalue weighted by Crippen LogP contribution is 2.21. The van der Waals surface area contributed by atoms with Crippen LogP contribution in [0.25, 0.3) is 11.4 Å². The Morgan fingerprint density at radius 3 is 2.38 bits per heavy atom. The molecule has 0 saturated carbocycles. The summed E-state index contributed by atoms with van der Waals surface area (Å²) in [4.78, 5) is 21.6. The lowest BCUT2D eigenvalue weighted by Gasteiger charge is -2.22. The number of nitrogens with zero attached hydrogens (tertiary/aromatic N) is 3. The zero-order valence-electron chi connectivity index (χ0n) is 15.2. The Balaban J connectivity index is 1.97. The fourth-order valence-electron chi connectivity index (χ4n) is 2.33. The molecule has 1 aromatic carbocycles. The molecule has 3 rings (SSSR count). The van der Waals surface area contributed by atoms with E-state index in [4.69, 9.17) is 4.52 Å². The van der Waals surface area contributed by atoms with Crippen molar-refractivity contribution in [2.45, 2.75) is 33.2 Å². The predicted molar refractivity (Wildman–Crippen MR) is 100 cm³/mol. The molecule has 0 aliphatic rings. The van der Waals surface area contributed by atoms with Gasteiger partial charge in [0.05, 0.1) is 0 Å². The van der Waals surface area contributed by atoms with E-state index >= 15 is 0 Å². The van der Waals surface area contributed by atoms with Gasteiger partial charge in [-0.1, -0.05) is 35.5 Å². The van der Waals surface area contributed by atoms with E-state index in [1.807, 2.05) is 51.1 Å². The molecule has 0 unspecified atom stereocenters. The highest BCUT2D eigenvalue weighted by Gasteiger charge is 2.17. The van der Waals surface area contributed by atoms with Gasteiger partial charge in [0.2, 0.25) is 0 Å². The third-order valence-corrected chi connectivity index (χ3v) is 3.36. The van der Waals surface area contributed by atoms with Crippen LogP contribution in [-0.4, -0.2) is 26.6 Å². The number of rotatable bonds is 4. The van der Waals surface area contributed by atoms with Crippen molar-refractivity contribution < 1.29 is 9.32 Å². The topological polar surface area (TPSA) is 92.9 Å². The number of aromatic nitrogens is 3. The second-order valence-electron chi connectivity index (χ2n) is 6.98. The van der Waals surface area contributed by atoms with Crippen LogP contribution in [0.1, 0.15) is 37.0 Å². The zero-order valence-corrected chi connectivity index (χ0v) is 15.2. The van der Waals surface area contributed by atoms with Crippen LogP contribution in [0, 0.1) is 6.92 Å². The van der Waals surface area contributed by atoms with Gasteiger partial charge in [-0.2, -0.15) is 0 Å². The molecule has 0 aliphatic carbocycles. The summed E-state index contributed by atoms with van der Waals surface area (Å²) >= 11 is 0. The van der Waals surface area contributed by atoms with Gasteiger partial charge in [0, 0.05) is 23.2 Å². The summed E-state index contributed by atoms with van der Waals surface area (Å²) in [6.45, 7) is 7.83. The lowest BCUT2D eigenvalue weighted by molar-refractivity contribution is 0.102. The number of hydrogen-bond donors (Lipinski definition) is 2. The minimum Gasteiger partial charge on any atom is -0.365 e. The first-order valence-corrected chi connectivity index (χ1v) is 8.27. The highest BCUT2D eigenvalue weighted by molar-refractivity contribution is 6.03. The van der Waals surface area contributed by atoms with Gasteiger partial charge >= 0.3 is 0 Å². The van der Waals surface area contributed by atoms with Crippen LogP contribution in [0.2, 0.25) is 0 Å². The number of carbonyl (C=O) groups is 1. The average Bonchev–Trinajstić information content (AvgIpc) is 2.98. The van der Waals surface area contributed by atoms with E-state index in [9.17, 15) is 4.79 Å². The van der Waals surface area contributed by atoms with Gasteiger partial charge in [-0.25, -0.2) is 9.97 Å². The number of amides is 1. The lowest BCUT2D eigenvalue weighted by atomic mass is 10.1. The van der Waals surface area contributed by atoms with E-state index in [2.05, 4.69) is 25.8 Å². The Hall–Kier alpha value is -3.22. The third-order valence-electron chi connectivity index (χ3n) is 3.36. The van der Waals surface area contributed by atoms with E-state index in [1.165, 1.54) is 0 Å². The van der Waals surface area contributed by atoms with Crippen molar-refractivity contribution in [1.29, 1.82) is 0 Å².